The van der Waals surface area contributed by atoms with Crippen LogP contribution >= 0.6 is 11.3 Å². The van der Waals surface area contributed by atoms with Crippen molar-refractivity contribution in [2.75, 3.05) is 13.6 Å². The van der Waals surface area contributed by atoms with Gasteiger partial charge in [0, 0.05) is 18.5 Å². The van der Waals surface area contributed by atoms with Crippen molar-refractivity contribution >= 4 is 27.5 Å². The van der Waals surface area contributed by atoms with Crippen molar-refractivity contribution in [3.8, 4) is 0 Å². The third kappa shape index (κ3) is 1.93. The van der Waals surface area contributed by atoms with E-state index in [1.807, 2.05) is 0 Å². The number of hydrogen-bond acceptors (Lipinski definition) is 4. The number of likely N-dealkylation sites (N-methyl/N-ethyl adjacent to an activating group) is 1. The van der Waals surface area contributed by atoms with Gasteiger partial charge in [0.25, 0.3) is 5.56 Å². The third-order valence-electron chi connectivity index (χ3n) is 4.98. The summed E-state index contributed by atoms with van der Waals surface area (Å²) in [6.45, 7) is 2.96. The molecule has 2 aromatic heterocycles. The molecule has 2 aromatic rings. The fourth-order valence-electron chi connectivity index (χ4n) is 3.63. The Kier molecular flexibility index (Phi) is 3.11. The van der Waals surface area contributed by atoms with E-state index in [4.69, 9.17) is 0 Å². The van der Waals surface area contributed by atoms with E-state index >= 15 is 0 Å². The number of carbonyl (C=O) groups is 1. The van der Waals surface area contributed by atoms with Crippen LogP contribution < -0.4 is 5.56 Å². The molecule has 3 heterocycles. The summed E-state index contributed by atoms with van der Waals surface area (Å²) in [4.78, 5) is 33.5. The van der Waals surface area contributed by atoms with Crippen molar-refractivity contribution in [3.05, 3.63) is 27.1 Å². The maximum absolute atomic E-state index is 12.9. The van der Waals surface area contributed by atoms with Gasteiger partial charge >= 0.3 is 0 Å². The summed E-state index contributed by atoms with van der Waals surface area (Å²) in [6.07, 6.45) is 5.37. The number of aromatic nitrogens is 2. The standard InChI is InChI=1S/C16H19N3O2S/c1-9-3-4-10-12(7-9)22-14-13(10)16(21)19(8-17-14)11-5-6-18(2)15(11)20/h8-9,11H,3-7H2,1-2H3/t9-,11-/m0/s1. The molecule has 0 radical (unpaired) electrons. The van der Waals surface area contributed by atoms with E-state index in [-0.39, 0.29) is 17.5 Å². The Balaban J connectivity index is 1.88. The fraction of sp³-hybridized carbons (Fsp3) is 0.562. The molecule has 6 heteroatoms. The van der Waals surface area contributed by atoms with Crippen LogP contribution in [0.15, 0.2) is 11.1 Å². The molecule has 1 aliphatic carbocycles. The second-order valence-electron chi connectivity index (χ2n) is 6.55. The lowest BCUT2D eigenvalue weighted by Gasteiger charge is -2.18. The summed E-state index contributed by atoms with van der Waals surface area (Å²) < 4.78 is 1.55. The van der Waals surface area contributed by atoms with Crippen molar-refractivity contribution in [1.29, 1.82) is 0 Å². The molecule has 0 N–H and O–H groups in total. The lowest BCUT2D eigenvalue weighted by atomic mass is 9.89. The molecule has 1 aliphatic heterocycles. The van der Waals surface area contributed by atoms with Gasteiger partial charge in [-0.2, -0.15) is 0 Å². The number of thiophene rings is 1. The van der Waals surface area contributed by atoms with E-state index in [9.17, 15) is 9.59 Å². The van der Waals surface area contributed by atoms with E-state index in [1.165, 1.54) is 10.4 Å². The molecule has 0 aromatic carbocycles. The topological polar surface area (TPSA) is 55.2 Å². The van der Waals surface area contributed by atoms with Crippen LogP contribution in [0.3, 0.4) is 0 Å². The quantitative estimate of drug-likeness (QED) is 0.808. The first-order valence-electron chi connectivity index (χ1n) is 7.82. The highest BCUT2D eigenvalue weighted by atomic mass is 32.1. The van der Waals surface area contributed by atoms with E-state index in [0.29, 0.717) is 18.9 Å². The zero-order valence-electron chi connectivity index (χ0n) is 12.8. The normalized spacial score (nSPS) is 25.0. The van der Waals surface area contributed by atoms with Crippen LogP contribution in [0.25, 0.3) is 10.2 Å². The highest BCUT2D eigenvalue weighted by molar-refractivity contribution is 7.18. The second-order valence-corrected chi connectivity index (χ2v) is 7.64. The molecular weight excluding hydrogens is 298 g/mol. The van der Waals surface area contributed by atoms with Crippen LogP contribution in [0, 0.1) is 5.92 Å². The molecule has 0 saturated carbocycles. The van der Waals surface area contributed by atoms with E-state index in [0.717, 1.165) is 29.5 Å². The van der Waals surface area contributed by atoms with Gasteiger partial charge in [-0.1, -0.05) is 6.92 Å². The minimum atomic E-state index is -0.382. The van der Waals surface area contributed by atoms with Crippen LogP contribution in [0.5, 0.6) is 0 Å². The van der Waals surface area contributed by atoms with Gasteiger partial charge in [0.1, 0.15) is 10.9 Å². The lowest BCUT2D eigenvalue weighted by Crippen LogP contribution is -2.31. The van der Waals surface area contributed by atoms with Gasteiger partial charge in [0.05, 0.1) is 11.7 Å². The molecule has 2 aliphatic rings. The SMILES string of the molecule is C[C@H]1CCc2c(sc3ncn([C@H]4CCN(C)C4=O)c(=O)c23)C1. The minimum Gasteiger partial charge on any atom is -0.344 e. The number of amides is 1. The Bertz CT molecular complexity index is 823. The molecule has 116 valence electrons. The molecule has 1 fully saturated rings. The first kappa shape index (κ1) is 13.9. The molecule has 0 spiro atoms. The maximum atomic E-state index is 12.9. The molecular formula is C16H19N3O2S. The van der Waals surface area contributed by atoms with Crippen molar-refractivity contribution < 1.29 is 4.79 Å². The Labute approximate surface area is 132 Å². The van der Waals surface area contributed by atoms with Gasteiger partial charge in [-0.3, -0.25) is 14.2 Å². The zero-order valence-corrected chi connectivity index (χ0v) is 13.7. The monoisotopic (exact) mass is 317 g/mol. The Hall–Kier alpha value is -1.69. The average Bonchev–Trinajstić information content (AvgIpc) is 3.01. The first-order chi connectivity index (χ1) is 10.6. The van der Waals surface area contributed by atoms with E-state index in [2.05, 4.69) is 11.9 Å². The Morgan fingerprint density at radius 2 is 2.14 bits per heavy atom. The second kappa shape index (κ2) is 4.91. The number of rotatable bonds is 1. The third-order valence-corrected chi connectivity index (χ3v) is 6.14. The number of likely N-dealkylation sites (tertiary alicyclic amines) is 1. The molecule has 0 bridgehead atoms. The summed E-state index contributed by atoms with van der Waals surface area (Å²) in [7, 11) is 1.78. The Morgan fingerprint density at radius 3 is 2.86 bits per heavy atom. The van der Waals surface area contributed by atoms with Gasteiger partial charge in [0.2, 0.25) is 5.91 Å². The Morgan fingerprint density at radius 1 is 1.32 bits per heavy atom. The van der Waals surface area contributed by atoms with Gasteiger partial charge < -0.3 is 4.90 Å². The van der Waals surface area contributed by atoms with Gasteiger partial charge in [-0.25, -0.2) is 4.98 Å². The summed E-state index contributed by atoms with van der Waals surface area (Å²) in [5.41, 5.74) is 1.15. The summed E-state index contributed by atoms with van der Waals surface area (Å²) in [6, 6.07) is -0.382. The molecule has 1 saturated heterocycles. The zero-order chi connectivity index (χ0) is 15.4. The summed E-state index contributed by atoms with van der Waals surface area (Å²) in [5.74, 6) is 0.689. The predicted octanol–water partition coefficient (Wildman–Crippen LogP) is 1.99. The molecule has 5 nitrogen and oxygen atoms in total. The molecule has 0 unspecified atom stereocenters. The van der Waals surface area contributed by atoms with Crippen molar-refractivity contribution in [3.63, 3.8) is 0 Å². The minimum absolute atomic E-state index is 0.0148. The number of fused-ring (bicyclic) bond motifs is 3. The van der Waals surface area contributed by atoms with E-state index < -0.39 is 0 Å². The number of nitrogens with zero attached hydrogens (tertiary/aromatic N) is 3. The predicted molar refractivity (Wildman–Crippen MR) is 86.4 cm³/mol. The number of hydrogen-bond donors (Lipinski definition) is 0. The molecule has 2 atom stereocenters. The van der Waals surface area contributed by atoms with Crippen molar-refractivity contribution in [2.45, 2.75) is 38.6 Å². The van der Waals surface area contributed by atoms with Gasteiger partial charge in [0.15, 0.2) is 0 Å². The number of aryl methyl sites for hydroxylation is 1. The van der Waals surface area contributed by atoms with Gasteiger partial charge in [-0.15, -0.1) is 11.3 Å². The van der Waals surface area contributed by atoms with Crippen LogP contribution in [-0.4, -0.2) is 34.0 Å². The van der Waals surface area contributed by atoms with E-state index in [1.54, 1.807) is 34.2 Å². The van der Waals surface area contributed by atoms with Gasteiger partial charge in [-0.05, 0) is 37.2 Å². The highest BCUT2D eigenvalue weighted by Crippen LogP contribution is 2.35. The summed E-state index contributed by atoms with van der Waals surface area (Å²) >= 11 is 1.65. The number of carbonyl (C=O) groups excluding carboxylic acids is 1. The smallest absolute Gasteiger partial charge is 0.263 e. The van der Waals surface area contributed by atoms with Crippen LogP contribution in [0.1, 0.15) is 36.2 Å². The molecule has 22 heavy (non-hydrogen) atoms. The summed E-state index contributed by atoms with van der Waals surface area (Å²) in [5, 5.41) is 0.761. The highest BCUT2D eigenvalue weighted by Gasteiger charge is 2.32. The molecule has 4 rings (SSSR count). The maximum Gasteiger partial charge on any atom is 0.263 e. The van der Waals surface area contributed by atoms with Crippen molar-refractivity contribution in [2.24, 2.45) is 5.92 Å². The lowest BCUT2D eigenvalue weighted by molar-refractivity contribution is -0.129. The first-order valence-corrected chi connectivity index (χ1v) is 8.64. The van der Waals surface area contributed by atoms with Crippen molar-refractivity contribution in [1.82, 2.24) is 14.5 Å². The average molecular weight is 317 g/mol. The van der Waals surface area contributed by atoms with Crippen LogP contribution in [-0.2, 0) is 17.6 Å². The molecule has 1 amide bonds. The van der Waals surface area contributed by atoms with Crippen LogP contribution in [0.4, 0.5) is 0 Å². The van der Waals surface area contributed by atoms with Crippen LogP contribution in [0.2, 0.25) is 0 Å². The fourth-order valence-corrected chi connectivity index (χ4v) is 4.97. The largest absolute Gasteiger partial charge is 0.344 e.